The van der Waals surface area contributed by atoms with Crippen molar-refractivity contribution in [1.29, 1.82) is 0 Å². The van der Waals surface area contributed by atoms with Crippen molar-refractivity contribution in [3.63, 3.8) is 0 Å². The molecule has 1 aromatic heterocycles. The zero-order chi connectivity index (χ0) is 10.3. The average Bonchev–Trinajstić information content (AvgIpc) is 2.81. The zero-order valence-corrected chi connectivity index (χ0v) is 9.07. The van der Waals surface area contributed by atoms with Crippen LogP contribution in [0.15, 0.2) is 10.6 Å². The van der Waals surface area contributed by atoms with Crippen molar-refractivity contribution < 1.29 is 4.52 Å². The van der Waals surface area contributed by atoms with E-state index in [9.17, 15) is 0 Å². The van der Waals surface area contributed by atoms with Gasteiger partial charge >= 0.3 is 0 Å². The first-order chi connectivity index (χ1) is 7.31. The number of hydrogen-bond donors (Lipinski definition) is 1. The van der Waals surface area contributed by atoms with Crippen LogP contribution in [-0.2, 0) is 6.54 Å². The maximum Gasteiger partial charge on any atom is 0.150 e. The van der Waals surface area contributed by atoms with Gasteiger partial charge in [-0.15, -0.1) is 0 Å². The first-order valence-electron chi connectivity index (χ1n) is 5.66. The van der Waals surface area contributed by atoms with Crippen LogP contribution < -0.4 is 5.32 Å². The van der Waals surface area contributed by atoms with E-state index in [2.05, 4.69) is 15.4 Å². The molecular formula is C11H17N3O. The number of nitrogens with one attached hydrogen (secondary N) is 1. The lowest BCUT2D eigenvalue weighted by Crippen LogP contribution is -2.25. The van der Waals surface area contributed by atoms with E-state index >= 15 is 0 Å². The van der Waals surface area contributed by atoms with Crippen molar-refractivity contribution >= 4 is 0 Å². The SMILES string of the molecule is Cc1cc(CN2CC3CNCC3C2)on1. The highest BCUT2D eigenvalue weighted by Gasteiger charge is 2.36. The van der Waals surface area contributed by atoms with Gasteiger partial charge in [-0.05, 0) is 31.8 Å². The van der Waals surface area contributed by atoms with Crippen molar-refractivity contribution in [2.24, 2.45) is 11.8 Å². The molecule has 3 heterocycles. The number of hydrogen-bond acceptors (Lipinski definition) is 4. The van der Waals surface area contributed by atoms with E-state index in [4.69, 9.17) is 4.52 Å². The van der Waals surface area contributed by atoms with Gasteiger partial charge in [0.25, 0.3) is 0 Å². The molecule has 0 amide bonds. The normalized spacial score (nSPS) is 31.0. The minimum Gasteiger partial charge on any atom is -0.360 e. The maximum absolute atomic E-state index is 5.24. The van der Waals surface area contributed by atoms with Gasteiger partial charge in [0, 0.05) is 19.2 Å². The van der Waals surface area contributed by atoms with Crippen molar-refractivity contribution in [3.05, 3.63) is 17.5 Å². The van der Waals surface area contributed by atoms with Gasteiger partial charge in [-0.3, -0.25) is 4.90 Å². The third-order valence-electron chi connectivity index (χ3n) is 3.52. The summed E-state index contributed by atoms with van der Waals surface area (Å²) in [4.78, 5) is 2.48. The Labute approximate surface area is 89.6 Å². The Morgan fingerprint density at radius 1 is 1.47 bits per heavy atom. The molecule has 0 spiro atoms. The van der Waals surface area contributed by atoms with E-state index in [0.717, 1.165) is 29.8 Å². The fraction of sp³-hybridized carbons (Fsp3) is 0.727. The largest absolute Gasteiger partial charge is 0.360 e. The molecule has 1 aromatic rings. The Hall–Kier alpha value is -0.870. The summed E-state index contributed by atoms with van der Waals surface area (Å²) in [6.07, 6.45) is 0. The minimum atomic E-state index is 0.856. The molecule has 3 rings (SSSR count). The van der Waals surface area contributed by atoms with Crippen molar-refractivity contribution in [1.82, 2.24) is 15.4 Å². The Balaban J connectivity index is 1.61. The van der Waals surface area contributed by atoms with Gasteiger partial charge < -0.3 is 9.84 Å². The highest BCUT2D eigenvalue weighted by Crippen LogP contribution is 2.27. The van der Waals surface area contributed by atoms with Crippen molar-refractivity contribution in [3.8, 4) is 0 Å². The fourth-order valence-corrected chi connectivity index (χ4v) is 2.79. The van der Waals surface area contributed by atoms with Crippen LogP contribution in [0.3, 0.4) is 0 Å². The number of nitrogens with zero attached hydrogens (tertiary/aromatic N) is 2. The quantitative estimate of drug-likeness (QED) is 0.772. The van der Waals surface area contributed by atoms with Crippen LogP contribution in [0.5, 0.6) is 0 Å². The smallest absolute Gasteiger partial charge is 0.150 e. The molecule has 4 heteroatoms. The van der Waals surface area contributed by atoms with E-state index in [1.807, 2.05) is 13.0 Å². The molecule has 2 aliphatic rings. The topological polar surface area (TPSA) is 41.3 Å². The standard InChI is InChI=1S/C11H17N3O/c1-8-2-11(15-13-8)7-14-5-9-3-12-4-10(9)6-14/h2,9-10,12H,3-7H2,1H3. The van der Waals surface area contributed by atoms with E-state index < -0.39 is 0 Å². The average molecular weight is 207 g/mol. The highest BCUT2D eigenvalue weighted by molar-refractivity contribution is 5.04. The molecule has 0 aliphatic carbocycles. The van der Waals surface area contributed by atoms with Crippen LogP contribution in [0.2, 0.25) is 0 Å². The van der Waals surface area contributed by atoms with Crippen LogP contribution >= 0.6 is 0 Å². The van der Waals surface area contributed by atoms with E-state index in [-0.39, 0.29) is 0 Å². The van der Waals surface area contributed by atoms with Gasteiger partial charge in [0.1, 0.15) is 0 Å². The van der Waals surface area contributed by atoms with E-state index in [0.29, 0.717) is 0 Å². The molecule has 2 unspecified atom stereocenters. The van der Waals surface area contributed by atoms with Gasteiger partial charge in [-0.2, -0.15) is 0 Å². The summed E-state index contributed by atoms with van der Waals surface area (Å²) in [5, 5.41) is 7.37. The van der Waals surface area contributed by atoms with E-state index in [1.165, 1.54) is 26.2 Å². The zero-order valence-electron chi connectivity index (χ0n) is 9.07. The molecule has 4 nitrogen and oxygen atoms in total. The van der Waals surface area contributed by atoms with Crippen LogP contribution in [-0.4, -0.2) is 36.2 Å². The highest BCUT2D eigenvalue weighted by atomic mass is 16.5. The Morgan fingerprint density at radius 2 is 2.20 bits per heavy atom. The summed E-state index contributed by atoms with van der Waals surface area (Å²) in [6, 6.07) is 2.03. The second kappa shape index (κ2) is 3.61. The predicted molar refractivity (Wildman–Crippen MR) is 56.4 cm³/mol. The van der Waals surface area contributed by atoms with Crippen LogP contribution in [0.25, 0.3) is 0 Å². The first-order valence-corrected chi connectivity index (χ1v) is 5.66. The van der Waals surface area contributed by atoms with Gasteiger partial charge in [0.2, 0.25) is 0 Å². The van der Waals surface area contributed by atoms with Gasteiger partial charge in [0.15, 0.2) is 5.76 Å². The Morgan fingerprint density at radius 3 is 2.80 bits per heavy atom. The van der Waals surface area contributed by atoms with Crippen LogP contribution in [0, 0.1) is 18.8 Å². The molecule has 1 N–H and O–H groups in total. The summed E-state index contributed by atoms with van der Waals surface area (Å²) in [7, 11) is 0. The molecule has 2 aliphatic heterocycles. The van der Waals surface area contributed by atoms with Crippen molar-refractivity contribution in [2.45, 2.75) is 13.5 Å². The van der Waals surface area contributed by atoms with Gasteiger partial charge in [-0.1, -0.05) is 5.16 Å². The second-order valence-electron chi connectivity index (χ2n) is 4.81. The lowest BCUT2D eigenvalue weighted by atomic mass is 10.0. The number of aromatic nitrogens is 1. The van der Waals surface area contributed by atoms with Crippen molar-refractivity contribution in [2.75, 3.05) is 26.2 Å². The van der Waals surface area contributed by atoms with Gasteiger partial charge in [0.05, 0.1) is 12.2 Å². The molecule has 15 heavy (non-hydrogen) atoms. The number of likely N-dealkylation sites (tertiary alicyclic amines) is 1. The molecule has 0 aromatic carbocycles. The Kier molecular flexibility index (Phi) is 2.25. The second-order valence-corrected chi connectivity index (χ2v) is 4.81. The molecule has 2 fully saturated rings. The Bertz CT molecular complexity index is 337. The number of fused-ring (bicyclic) bond motifs is 1. The number of rotatable bonds is 2. The molecule has 82 valence electrons. The molecule has 0 radical (unpaired) electrons. The third-order valence-corrected chi connectivity index (χ3v) is 3.52. The monoisotopic (exact) mass is 207 g/mol. The lowest BCUT2D eigenvalue weighted by molar-refractivity contribution is 0.258. The van der Waals surface area contributed by atoms with Crippen LogP contribution in [0.1, 0.15) is 11.5 Å². The van der Waals surface area contributed by atoms with Gasteiger partial charge in [-0.25, -0.2) is 0 Å². The summed E-state index contributed by atoms with van der Waals surface area (Å²) >= 11 is 0. The summed E-state index contributed by atoms with van der Waals surface area (Å²) in [6.45, 7) is 7.69. The summed E-state index contributed by atoms with van der Waals surface area (Å²) < 4.78 is 5.24. The van der Waals surface area contributed by atoms with E-state index in [1.54, 1.807) is 0 Å². The molecule has 0 bridgehead atoms. The molecule has 2 atom stereocenters. The molecule has 0 saturated carbocycles. The number of aryl methyl sites for hydroxylation is 1. The minimum absolute atomic E-state index is 0.856. The van der Waals surface area contributed by atoms with Crippen LogP contribution in [0.4, 0.5) is 0 Å². The molecular weight excluding hydrogens is 190 g/mol. The molecule has 2 saturated heterocycles. The maximum atomic E-state index is 5.24. The third kappa shape index (κ3) is 1.79. The predicted octanol–water partition coefficient (Wildman–Crippen LogP) is 0.634. The first kappa shape index (κ1) is 9.36. The summed E-state index contributed by atoms with van der Waals surface area (Å²) in [5.41, 5.74) is 0.978. The fourth-order valence-electron chi connectivity index (χ4n) is 2.79. The lowest BCUT2D eigenvalue weighted by Gasteiger charge is -2.14. The summed E-state index contributed by atoms with van der Waals surface area (Å²) in [5.74, 6) is 2.71.